The number of carbonyl (C=O) groups excluding carboxylic acids is 2. The molecule has 1 N–H and O–H groups in total. The SMILES string of the molecule is CC(=O)N(CC(=O)NC1CC1)c1cc(C(F)(F)F)ccc1Cl. The first-order valence-electron chi connectivity index (χ1n) is 6.62. The third-order valence-corrected chi connectivity index (χ3v) is 3.51. The van der Waals surface area contributed by atoms with Crippen LogP contribution in [0.15, 0.2) is 18.2 Å². The second kappa shape index (κ2) is 6.16. The molecule has 8 heteroatoms. The summed E-state index contributed by atoms with van der Waals surface area (Å²) in [5.41, 5.74) is -1.06. The zero-order valence-electron chi connectivity index (χ0n) is 11.7. The number of nitrogens with one attached hydrogen (secondary N) is 1. The van der Waals surface area contributed by atoms with E-state index in [0.29, 0.717) is 0 Å². The van der Waals surface area contributed by atoms with E-state index < -0.39 is 23.6 Å². The van der Waals surface area contributed by atoms with E-state index in [-0.39, 0.29) is 23.3 Å². The van der Waals surface area contributed by atoms with Crippen molar-refractivity contribution in [1.29, 1.82) is 0 Å². The van der Waals surface area contributed by atoms with Crippen molar-refractivity contribution in [3.8, 4) is 0 Å². The van der Waals surface area contributed by atoms with Crippen LogP contribution >= 0.6 is 11.6 Å². The molecule has 120 valence electrons. The van der Waals surface area contributed by atoms with E-state index in [2.05, 4.69) is 5.32 Å². The molecule has 1 aromatic rings. The lowest BCUT2D eigenvalue weighted by Gasteiger charge is -2.23. The van der Waals surface area contributed by atoms with Crippen LogP contribution in [0.5, 0.6) is 0 Å². The average molecular weight is 335 g/mol. The summed E-state index contributed by atoms with van der Waals surface area (Å²) in [7, 11) is 0. The smallest absolute Gasteiger partial charge is 0.352 e. The first kappa shape index (κ1) is 16.6. The van der Waals surface area contributed by atoms with Gasteiger partial charge in [0.1, 0.15) is 6.54 Å². The van der Waals surface area contributed by atoms with Crippen molar-refractivity contribution in [2.75, 3.05) is 11.4 Å². The van der Waals surface area contributed by atoms with E-state index in [1.54, 1.807) is 0 Å². The van der Waals surface area contributed by atoms with Gasteiger partial charge < -0.3 is 10.2 Å². The fraction of sp³-hybridized carbons (Fsp3) is 0.429. The molecule has 0 aromatic heterocycles. The molecule has 4 nitrogen and oxygen atoms in total. The lowest BCUT2D eigenvalue weighted by atomic mass is 10.1. The minimum absolute atomic E-state index is 0.0255. The maximum atomic E-state index is 12.8. The molecule has 0 radical (unpaired) electrons. The molecule has 2 rings (SSSR count). The van der Waals surface area contributed by atoms with Crippen LogP contribution in [-0.4, -0.2) is 24.4 Å². The van der Waals surface area contributed by atoms with E-state index in [4.69, 9.17) is 11.6 Å². The average Bonchev–Trinajstić information content (AvgIpc) is 3.19. The molecule has 2 amide bonds. The van der Waals surface area contributed by atoms with E-state index >= 15 is 0 Å². The van der Waals surface area contributed by atoms with Gasteiger partial charge in [0.2, 0.25) is 11.8 Å². The minimum Gasteiger partial charge on any atom is -0.352 e. The topological polar surface area (TPSA) is 49.4 Å². The molecule has 1 fully saturated rings. The fourth-order valence-electron chi connectivity index (χ4n) is 1.91. The third-order valence-electron chi connectivity index (χ3n) is 3.19. The van der Waals surface area contributed by atoms with Gasteiger partial charge in [-0.3, -0.25) is 9.59 Å². The summed E-state index contributed by atoms with van der Waals surface area (Å²) in [6.45, 7) is 0.799. The number of carbonyl (C=O) groups is 2. The Kier molecular flexibility index (Phi) is 4.65. The van der Waals surface area contributed by atoms with Gasteiger partial charge in [0, 0.05) is 13.0 Å². The Morgan fingerprint density at radius 1 is 1.36 bits per heavy atom. The van der Waals surface area contributed by atoms with Gasteiger partial charge in [0.15, 0.2) is 0 Å². The normalized spacial score (nSPS) is 14.6. The molecule has 0 atom stereocenters. The van der Waals surface area contributed by atoms with Crippen LogP contribution in [0, 0.1) is 0 Å². The lowest BCUT2D eigenvalue weighted by Crippen LogP contribution is -2.40. The minimum atomic E-state index is -4.56. The number of rotatable bonds is 4. The highest BCUT2D eigenvalue weighted by atomic mass is 35.5. The van der Waals surface area contributed by atoms with Crippen molar-refractivity contribution in [2.45, 2.75) is 32.0 Å². The van der Waals surface area contributed by atoms with Gasteiger partial charge in [0.25, 0.3) is 0 Å². The zero-order chi connectivity index (χ0) is 16.5. The molecular formula is C14H14ClF3N2O2. The van der Waals surface area contributed by atoms with E-state index in [1.807, 2.05) is 0 Å². The molecule has 0 aliphatic heterocycles. The van der Waals surface area contributed by atoms with Crippen molar-refractivity contribution in [3.63, 3.8) is 0 Å². The molecule has 0 unspecified atom stereocenters. The second-order valence-electron chi connectivity index (χ2n) is 5.11. The van der Waals surface area contributed by atoms with Crippen molar-refractivity contribution in [2.24, 2.45) is 0 Å². The Hall–Kier alpha value is -1.76. The molecular weight excluding hydrogens is 321 g/mol. The van der Waals surface area contributed by atoms with Crippen molar-refractivity contribution >= 4 is 29.1 Å². The van der Waals surface area contributed by atoms with Gasteiger partial charge in [-0.2, -0.15) is 13.2 Å². The van der Waals surface area contributed by atoms with Crippen LogP contribution in [0.1, 0.15) is 25.3 Å². The molecule has 0 heterocycles. The van der Waals surface area contributed by atoms with Crippen LogP contribution in [0.4, 0.5) is 18.9 Å². The van der Waals surface area contributed by atoms with Crippen LogP contribution in [0.3, 0.4) is 0 Å². The second-order valence-corrected chi connectivity index (χ2v) is 5.52. The number of benzene rings is 1. The molecule has 1 aliphatic rings. The standard InChI is InChI=1S/C14H14ClF3N2O2/c1-8(21)20(7-13(22)19-10-3-4-10)12-6-9(14(16,17)18)2-5-11(12)15/h2,5-6,10H,3-4,7H2,1H3,(H,19,22). The Morgan fingerprint density at radius 3 is 2.50 bits per heavy atom. The highest BCUT2D eigenvalue weighted by Crippen LogP contribution is 2.35. The van der Waals surface area contributed by atoms with Gasteiger partial charge in [-0.05, 0) is 31.0 Å². The Balaban J connectivity index is 2.26. The Morgan fingerprint density at radius 2 is 2.00 bits per heavy atom. The number of hydrogen-bond donors (Lipinski definition) is 1. The van der Waals surface area contributed by atoms with Crippen LogP contribution < -0.4 is 10.2 Å². The predicted molar refractivity (Wildman–Crippen MR) is 75.6 cm³/mol. The first-order valence-corrected chi connectivity index (χ1v) is 7.00. The van der Waals surface area contributed by atoms with E-state index in [9.17, 15) is 22.8 Å². The van der Waals surface area contributed by atoms with Gasteiger partial charge >= 0.3 is 6.18 Å². The maximum absolute atomic E-state index is 12.8. The lowest BCUT2D eigenvalue weighted by molar-refractivity contribution is -0.137. The largest absolute Gasteiger partial charge is 0.416 e. The number of nitrogens with zero attached hydrogens (tertiary/aromatic N) is 1. The quantitative estimate of drug-likeness (QED) is 0.920. The number of amides is 2. The summed E-state index contributed by atoms with van der Waals surface area (Å²) in [6.07, 6.45) is -2.82. The van der Waals surface area contributed by atoms with Gasteiger partial charge in [-0.1, -0.05) is 11.6 Å². The van der Waals surface area contributed by atoms with Gasteiger partial charge in [0.05, 0.1) is 16.3 Å². The zero-order valence-corrected chi connectivity index (χ0v) is 12.5. The van der Waals surface area contributed by atoms with Gasteiger partial charge in [-0.25, -0.2) is 0 Å². The Bertz CT molecular complexity index is 600. The summed E-state index contributed by atoms with van der Waals surface area (Å²) < 4.78 is 38.3. The number of hydrogen-bond acceptors (Lipinski definition) is 2. The van der Waals surface area contributed by atoms with Crippen molar-refractivity contribution < 1.29 is 22.8 Å². The molecule has 1 saturated carbocycles. The summed E-state index contributed by atoms with van der Waals surface area (Å²) in [5.74, 6) is -0.988. The molecule has 0 spiro atoms. The third kappa shape index (κ3) is 4.13. The summed E-state index contributed by atoms with van der Waals surface area (Å²) >= 11 is 5.89. The fourth-order valence-corrected chi connectivity index (χ4v) is 2.13. The Labute approximate surface area is 130 Å². The van der Waals surface area contributed by atoms with Crippen molar-refractivity contribution in [3.05, 3.63) is 28.8 Å². The van der Waals surface area contributed by atoms with E-state index in [1.165, 1.54) is 6.92 Å². The number of alkyl halides is 3. The summed E-state index contributed by atoms with van der Waals surface area (Å²) in [4.78, 5) is 24.4. The molecule has 0 bridgehead atoms. The summed E-state index contributed by atoms with van der Waals surface area (Å²) in [5, 5.41) is 2.65. The van der Waals surface area contributed by atoms with Gasteiger partial charge in [-0.15, -0.1) is 0 Å². The molecule has 0 saturated heterocycles. The molecule has 1 aromatic carbocycles. The number of halogens is 4. The van der Waals surface area contributed by atoms with Crippen LogP contribution in [0.2, 0.25) is 5.02 Å². The van der Waals surface area contributed by atoms with Crippen LogP contribution in [-0.2, 0) is 15.8 Å². The molecule has 22 heavy (non-hydrogen) atoms. The summed E-state index contributed by atoms with van der Waals surface area (Å²) in [6, 6.07) is 2.76. The monoisotopic (exact) mass is 334 g/mol. The maximum Gasteiger partial charge on any atom is 0.416 e. The molecule has 1 aliphatic carbocycles. The highest BCUT2D eigenvalue weighted by molar-refractivity contribution is 6.34. The van der Waals surface area contributed by atoms with Crippen molar-refractivity contribution in [1.82, 2.24) is 5.32 Å². The first-order chi connectivity index (χ1) is 10.2. The van der Waals surface area contributed by atoms with E-state index in [0.717, 1.165) is 35.9 Å². The number of anilines is 1. The predicted octanol–water partition coefficient (Wildman–Crippen LogP) is 2.99. The highest BCUT2D eigenvalue weighted by Gasteiger charge is 2.32. The van der Waals surface area contributed by atoms with Crippen LogP contribution in [0.25, 0.3) is 0 Å².